The van der Waals surface area contributed by atoms with Gasteiger partial charge in [0.1, 0.15) is 5.02 Å². The van der Waals surface area contributed by atoms with Gasteiger partial charge in [0.2, 0.25) is 0 Å². The number of carbonyl (C=O) groups excluding carboxylic acids is 1. The van der Waals surface area contributed by atoms with Crippen LogP contribution in [-0.2, 0) is 0 Å². The summed E-state index contributed by atoms with van der Waals surface area (Å²) < 4.78 is 0.709. The summed E-state index contributed by atoms with van der Waals surface area (Å²) in [6, 6.07) is 8.71. The maximum Gasteiger partial charge on any atom is 0.287 e. The van der Waals surface area contributed by atoms with Gasteiger partial charge in [-0.1, -0.05) is 23.2 Å². The zero-order chi connectivity index (χ0) is 15.6. The van der Waals surface area contributed by atoms with E-state index < -0.39 is 10.8 Å². The highest BCUT2D eigenvalue weighted by atomic mass is 79.9. The molecule has 0 atom stereocenters. The lowest BCUT2D eigenvalue weighted by molar-refractivity contribution is -0.384. The van der Waals surface area contributed by atoms with Crippen molar-refractivity contribution in [2.45, 2.75) is 0 Å². The zero-order valence-electron chi connectivity index (χ0n) is 10.3. The number of nitrogens with one attached hydrogen (secondary N) is 1. The molecule has 0 saturated heterocycles. The molecule has 5 nitrogen and oxygen atoms in total. The average molecular weight is 390 g/mol. The largest absolute Gasteiger partial charge is 0.322 e. The molecule has 0 aliphatic heterocycles. The van der Waals surface area contributed by atoms with Crippen LogP contribution in [0, 0.1) is 10.1 Å². The molecular formula is C13H7BrCl2N2O3. The minimum Gasteiger partial charge on any atom is -0.322 e. The fraction of sp³-hybridized carbons (Fsp3) is 0. The molecule has 21 heavy (non-hydrogen) atoms. The molecule has 1 amide bonds. The SMILES string of the molecule is O=C(Nc1ccc(Br)c(Cl)c1)c1ccc([N+](=O)[O-])c(Cl)c1. The van der Waals surface area contributed by atoms with Gasteiger partial charge >= 0.3 is 0 Å². The van der Waals surface area contributed by atoms with Crippen molar-refractivity contribution in [2.24, 2.45) is 0 Å². The molecule has 0 heterocycles. The number of anilines is 1. The van der Waals surface area contributed by atoms with Crippen molar-refractivity contribution >= 4 is 56.4 Å². The molecule has 2 aromatic rings. The quantitative estimate of drug-likeness (QED) is 0.598. The molecule has 2 aromatic carbocycles. The monoisotopic (exact) mass is 388 g/mol. The molecule has 108 valence electrons. The van der Waals surface area contributed by atoms with Crippen molar-refractivity contribution in [3.8, 4) is 0 Å². The molecule has 1 N–H and O–H groups in total. The van der Waals surface area contributed by atoms with E-state index in [1.165, 1.54) is 18.2 Å². The van der Waals surface area contributed by atoms with Crippen molar-refractivity contribution < 1.29 is 9.72 Å². The van der Waals surface area contributed by atoms with Crippen LogP contribution >= 0.6 is 39.1 Å². The number of nitro groups is 1. The average Bonchev–Trinajstić information content (AvgIpc) is 2.42. The number of hydrogen-bond donors (Lipinski definition) is 1. The summed E-state index contributed by atoms with van der Waals surface area (Å²) in [5.74, 6) is -0.440. The molecule has 0 radical (unpaired) electrons. The second-order valence-electron chi connectivity index (χ2n) is 4.01. The summed E-state index contributed by atoms with van der Waals surface area (Å²) >= 11 is 14.9. The smallest absolute Gasteiger partial charge is 0.287 e. The third kappa shape index (κ3) is 3.72. The maximum atomic E-state index is 12.0. The standard InChI is InChI=1S/C13H7BrCl2N2O3/c14-9-3-2-8(6-10(9)15)17-13(19)7-1-4-12(18(20)21)11(16)5-7/h1-6H,(H,17,19). The van der Waals surface area contributed by atoms with E-state index in [0.29, 0.717) is 15.2 Å². The van der Waals surface area contributed by atoms with E-state index in [1.807, 2.05) is 0 Å². The Morgan fingerprint density at radius 2 is 1.86 bits per heavy atom. The Balaban J connectivity index is 2.22. The van der Waals surface area contributed by atoms with Crippen LogP contribution in [0.25, 0.3) is 0 Å². The molecule has 0 saturated carbocycles. The predicted molar refractivity (Wildman–Crippen MR) is 85.2 cm³/mol. The van der Waals surface area contributed by atoms with Crippen LogP contribution in [0.2, 0.25) is 10.0 Å². The summed E-state index contributed by atoms with van der Waals surface area (Å²) in [4.78, 5) is 22.1. The van der Waals surface area contributed by atoms with Crippen molar-refractivity contribution in [3.63, 3.8) is 0 Å². The Kier molecular flexibility index (Phi) is 4.82. The number of hydrogen-bond acceptors (Lipinski definition) is 3. The minimum absolute atomic E-state index is 0.0958. The summed E-state index contributed by atoms with van der Waals surface area (Å²) in [7, 11) is 0. The molecule has 0 aromatic heterocycles. The molecule has 2 rings (SSSR count). The van der Waals surface area contributed by atoms with E-state index in [1.54, 1.807) is 18.2 Å². The van der Waals surface area contributed by atoms with E-state index in [9.17, 15) is 14.9 Å². The Morgan fingerprint density at radius 3 is 2.43 bits per heavy atom. The minimum atomic E-state index is -0.613. The number of nitro benzene ring substituents is 1. The van der Waals surface area contributed by atoms with Gasteiger partial charge in [0.15, 0.2) is 0 Å². The molecule has 0 aliphatic rings. The second kappa shape index (κ2) is 6.43. The van der Waals surface area contributed by atoms with Gasteiger partial charge in [-0.05, 0) is 46.3 Å². The second-order valence-corrected chi connectivity index (χ2v) is 5.68. The fourth-order valence-electron chi connectivity index (χ4n) is 1.57. The number of benzene rings is 2. The van der Waals surface area contributed by atoms with E-state index in [0.717, 1.165) is 0 Å². The first-order chi connectivity index (χ1) is 9.88. The van der Waals surface area contributed by atoms with Gasteiger partial charge < -0.3 is 5.32 Å². The van der Waals surface area contributed by atoms with E-state index in [4.69, 9.17) is 23.2 Å². The molecule has 0 aliphatic carbocycles. The number of rotatable bonds is 3. The molecule has 8 heteroatoms. The van der Waals surface area contributed by atoms with Crippen LogP contribution < -0.4 is 5.32 Å². The van der Waals surface area contributed by atoms with Gasteiger partial charge in [-0.3, -0.25) is 14.9 Å². The normalized spacial score (nSPS) is 10.2. The Hall–Kier alpha value is -1.63. The van der Waals surface area contributed by atoms with Gasteiger partial charge in [0.25, 0.3) is 11.6 Å². The first-order valence-corrected chi connectivity index (χ1v) is 7.13. The fourth-order valence-corrected chi connectivity index (χ4v) is 2.25. The third-order valence-electron chi connectivity index (χ3n) is 2.58. The molecule has 0 unspecified atom stereocenters. The van der Waals surface area contributed by atoms with Crippen LogP contribution in [0.3, 0.4) is 0 Å². The van der Waals surface area contributed by atoms with Gasteiger partial charge in [-0.2, -0.15) is 0 Å². The van der Waals surface area contributed by atoms with Gasteiger partial charge in [-0.15, -0.1) is 0 Å². The highest BCUT2D eigenvalue weighted by Crippen LogP contribution is 2.27. The van der Waals surface area contributed by atoms with Crippen LogP contribution in [0.1, 0.15) is 10.4 Å². The number of nitrogens with zero attached hydrogens (tertiary/aromatic N) is 1. The molecule has 0 fully saturated rings. The Morgan fingerprint density at radius 1 is 1.14 bits per heavy atom. The van der Waals surface area contributed by atoms with Gasteiger partial charge in [-0.25, -0.2) is 0 Å². The van der Waals surface area contributed by atoms with E-state index >= 15 is 0 Å². The van der Waals surface area contributed by atoms with Crippen molar-refractivity contribution in [2.75, 3.05) is 5.32 Å². The lowest BCUT2D eigenvalue weighted by Gasteiger charge is -2.07. The lowest BCUT2D eigenvalue weighted by Crippen LogP contribution is -2.12. The number of carbonyl (C=O) groups is 1. The summed E-state index contributed by atoms with van der Waals surface area (Å²) in [6.07, 6.45) is 0. The number of halogens is 3. The first kappa shape index (κ1) is 15.8. The van der Waals surface area contributed by atoms with Gasteiger partial charge in [0, 0.05) is 21.8 Å². The maximum absolute atomic E-state index is 12.0. The van der Waals surface area contributed by atoms with Crippen LogP contribution in [0.15, 0.2) is 40.9 Å². The van der Waals surface area contributed by atoms with Crippen LogP contribution in [0.5, 0.6) is 0 Å². The van der Waals surface area contributed by atoms with Crippen molar-refractivity contribution in [1.82, 2.24) is 0 Å². The Bertz CT molecular complexity index is 737. The highest BCUT2D eigenvalue weighted by molar-refractivity contribution is 9.10. The Labute approximate surface area is 138 Å². The highest BCUT2D eigenvalue weighted by Gasteiger charge is 2.15. The molecule has 0 bridgehead atoms. The van der Waals surface area contributed by atoms with E-state index in [-0.39, 0.29) is 16.3 Å². The topological polar surface area (TPSA) is 72.2 Å². The van der Waals surface area contributed by atoms with Crippen LogP contribution in [-0.4, -0.2) is 10.8 Å². The molecule has 0 spiro atoms. The van der Waals surface area contributed by atoms with Gasteiger partial charge in [0.05, 0.1) is 9.95 Å². The summed E-state index contributed by atoms with van der Waals surface area (Å²) in [5.41, 5.74) is 0.465. The summed E-state index contributed by atoms with van der Waals surface area (Å²) in [5, 5.41) is 13.7. The number of amides is 1. The summed E-state index contributed by atoms with van der Waals surface area (Å²) in [6.45, 7) is 0. The predicted octanol–water partition coefficient (Wildman–Crippen LogP) is 4.92. The van der Waals surface area contributed by atoms with Crippen molar-refractivity contribution in [3.05, 3.63) is 66.6 Å². The first-order valence-electron chi connectivity index (χ1n) is 5.59. The van der Waals surface area contributed by atoms with Crippen LogP contribution in [0.4, 0.5) is 11.4 Å². The lowest BCUT2D eigenvalue weighted by atomic mass is 10.2. The third-order valence-corrected chi connectivity index (χ3v) is 4.12. The molecular weight excluding hydrogens is 383 g/mol. The van der Waals surface area contributed by atoms with E-state index in [2.05, 4.69) is 21.2 Å². The van der Waals surface area contributed by atoms with Crippen molar-refractivity contribution in [1.29, 1.82) is 0 Å². The zero-order valence-corrected chi connectivity index (χ0v) is 13.4.